The maximum absolute atomic E-state index is 12.3. The third-order valence-corrected chi connectivity index (χ3v) is 3.37. The molecular weight excluding hydrogens is 304 g/mol. The van der Waals surface area contributed by atoms with Crippen molar-refractivity contribution < 1.29 is 24.3 Å². The molecule has 0 saturated carbocycles. The Balaban J connectivity index is 4.79. The van der Waals surface area contributed by atoms with E-state index in [4.69, 9.17) is 10.8 Å². The number of nitrogens with one attached hydrogen (secondary N) is 3. The molecule has 132 valence electrons. The second-order valence-electron chi connectivity index (χ2n) is 5.50. The summed E-state index contributed by atoms with van der Waals surface area (Å²) in [5.41, 5.74) is 5.48. The Morgan fingerprint density at radius 2 is 1.57 bits per heavy atom. The number of carboxylic acids is 1. The highest BCUT2D eigenvalue weighted by molar-refractivity contribution is 5.93. The third-order valence-electron chi connectivity index (χ3n) is 3.37. The average Bonchev–Trinajstić information content (AvgIpc) is 2.48. The highest BCUT2D eigenvalue weighted by Crippen LogP contribution is 2.08. The quantitative estimate of drug-likeness (QED) is 0.350. The van der Waals surface area contributed by atoms with E-state index in [9.17, 15) is 19.2 Å². The van der Waals surface area contributed by atoms with Gasteiger partial charge in [0.15, 0.2) is 0 Å². The Morgan fingerprint density at radius 1 is 1.00 bits per heavy atom. The minimum Gasteiger partial charge on any atom is -0.480 e. The fraction of sp³-hybridized carbons (Fsp3) is 0.714. The molecule has 0 rings (SSSR count). The molecule has 0 aliphatic heterocycles. The zero-order valence-corrected chi connectivity index (χ0v) is 13.9. The van der Waals surface area contributed by atoms with Crippen molar-refractivity contribution in [3.63, 3.8) is 0 Å². The summed E-state index contributed by atoms with van der Waals surface area (Å²) in [7, 11) is 0. The molecule has 0 aliphatic rings. The molecule has 3 amide bonds. The summed E-state index contributed by atoms with van der Waals surface area (Å²) in [5.74, 6) is -2.95. The topological polar surface area (TPSA) is 151 Å². The second kappa shape index (κ2) is 9.78. The first-order valence-electron chi connectivity index (χ1n) is 7.45. The van der Waals surface area contributed by atoms with Crippen LogP contribution in [0, 0.1) is 5.92 Å². The molecule has 0 aromatic rings. The molecule has 0 saturated heterocycles. The number of aliphatic carboxylic acids is 1. The largest absolute Gasteiger partial charge is 0.480 e. The average molecular weight is 330 g/mol. The van der Waals surface area contributed by atoms with Gasteiger partial charge in [0.2, 0.25) is 17.7 Å². The highest BCUT2D eigenvalue weighted by atomic mass is 16.4. The van der Waals surface area contributed by atoms with Crippen molar-refractivity contribution in [1.82, 2.24) is 16.0 Å². The number of nitrogens with two attached hydrogens (primary N) is 1. The first-order chi connectivity index (χ1) is 10.6. The molecular formula is C14H26N4O5. The lowest BCUT2D eigenvalue weighted by atomic mass is 9.97. The van der Waals surface area contributed by atoms with E-state index >= 15 is 0 Å². The SMILES string of the molecule is CCC(C)C(NC(=O)C(C)N)C(=O)NC(C)C(=O)NCC(=O)O. The van der Waals surface area contributed by atoms with Crippen LogP contribution in [0.5, 0.6) is 0 Å². The summed E-state index contributed by atoms with van der Waals surface area (Å²) in [5, 5.41) is 15.7. The van der Waals surface area contributed by atoms with Gasteiger partial charge >= 0.3 is 5.97 Å². The highest BCUT2D eigenvalue weighted by Gasteiger charge is 2.28. The van der Waals surface area contributed by atoms with Crippen LogP contribution in [0.1, 0.15) is 34.1 Å². The molecule has 9 heteroatoms. The Hall–Kier alpha value is -2.16. The minimum absolute atomic E-state index is 0.160. The Bertz CT molecular complexity index is 452. The second-order valence-corrected chi connectivity index (χ2v) is 5.50. The van der Waals surface area contributed by atoms with Crippen molar-refractivity contribution in [2.24, 2.45) is 11.7 Å². The summed E-state index contributed by atoms with van der Waals surface area (Å²) < 4.78 is 0. The summed E-state index contributed by atoms with van der Waals surface area (Å²) in [6.07, 6.45) is 0.636. The van der Waals surface area contributed by atoms with E-state index in [2.05, 4.69) is 16.0 Å². The van der Waals surface area contributed by atoms with E-state index in [1.54, 1.807) is 6.92 Å². The van der Waals surface area contributed by atoms with Crippen LogP contribution < -0.4 is 21.7 Å². The molecule has 0 bridgehead atoms. The predicted molar refractivity (Wildman–Crippen MR) is 83.3 cm³/mol. The standard InChI is InChI=1S/C14H26N4O5/c1-5-7(2)11(18-12(21)8(3)15)14(23)17-9(4)13(22)16-6-10(19)20/h7-9,11H,5-6,15H2,1-4H3,(H,16,22)(H,17,23)(H,18,21)(H,19,20). The van der Waals surface area contributed by atoms with Gasteiger partial charge in [-0.25, -0.2) is 0 Å². The van der Waals surface area contributed by atoms with Crippen LogP contribution in [0.4, 0.5) is 0 Å². The summed E-state index contributed by atoms with van der Waals surface area (Å²) >= 11 is 0. The molecule has 0 aromatic heterocycles. The number of rotatable bonds is 9. The van der Waals surface area contributed by atoms with Gasteiger partial charge in [0.05, 0.1) is 6.04 Å². The lowest BCUT2D eigenvalue weighted by Crippen LogP contribution is -2.56. The zero-order valence-electron chi connectivity index (χ0n) is 13.9. The molecule has 9 nitrogen and oxygen atoms in total. The predicted octanol–water partition coefficient (Wildman–Crippen LogP) is -1.43. The van der Waals surface area contributed by atoms with E-state index in [0.29, 0.717) is 6.42 Å². The number of carbonyl (C=O) groups is 4. The van der Waals surface area contributed by atoms with Gasteiger partial charge in [-0.2, -0.15) is 0 Å². The molecule has 0 aromatic carbocycles. The lowest BCUT2D eigenvalue weighted by molar-refractivity contribution is -0.138. The first-order valence-corrected chi connectivity index (χ1v) is 7.45. The third kappa shape index (κ3) is 7.59. The van der Waals surface area contributed by atoms with Gasteiger partial charge in [0.25, 0.3) is 0 Å². The van der Waals surface area contributed by atoms with Crippen molar-refractivity contribution in [1.29, 1.82) is 0 Å². The van der Waals surface area contributed by atoms with Crippen molar-refractivity contribution >= 4 is 23.7 Å². The minimum atomic E-state index is -1.18. The molecule has 23 heavy (non-hydrogen) atoms. The lowest BCUT2D eigenvalue weighted by Gasteiger charge is -2.25. The Labute approximate surface area is 135 Å². The Kier molecular flexibility index (Phi) is 8.86. The van der Waals surface area contributed by atoms with Gasteiger partial charge in [0.1, 0.15) is 18.6 Å². The van der Waals surface area contributed by atoms with Gasteiger partial charge in [0, 0.05) is 0 Å². The zero-order chi connectivity index (χ0) is 18.2. The molecule has 0 fully saturated rings. The van der Waals surface area contributed by atoms with Gasteiger partial charge in [-0.1, -0.05) is 20.3 Å². The van der Waals surface area contributed by atoms with Gasteiger partial charge in [-0.3, -0.25) is 19.2 Å². The van der Waals surface area contributed by atoms with E-state index in [1.165, 1.54) is 13.8 Å². The number of carbonyl (C=O) groups excluding carboxylic acids is 3. The number of carboxylic acid groups (broad SMARTS) is 1. The maximum Gasteiger partial charge on any atom is 0.322 e. The molecule has 4 unspecified atom stereocenters. The van der Waals surface area contributed by atoms with Crippen LogP contribution in [-0.4, -0.2) is 53.5 Å². The number of hydrogen-bond acceptors (Lipinski definition) is 5. The molecule has 0 aliphatic carbocycles. The smallest absolute Gasteiger partial charge is 0.322 e. The van der Waals surface area contributed by atoms with Crippen molar-refractivity contribution in [2.75, 3.05) is 6.54 Å². The van der Waals surface area contributed by atoms with Gasteiger partial charge < -0.3 is 26.8 Å². The van der Waals surface area contributed by atoms with E-state index in [-0.39, 0.29) is 5.92 Å². The van der Waals surface area contributed by atoms with Crippen molar-refractivity contribution in [3.05, 3.63) is 0 Å². The van der Waals surface area contributed by atoms with Crippen LogP contribution in [0.3, 0.4) is 0 Å². The van der Waals surface area contributed by atoms with E-state index in [1.807, 2.05) is 6.92 Å². The van der Waals surface area contributed by atoms with Crippen LogP contribution in [0.15, 0.2) is 0 Å². The first kappa shape index (κ1) is 20.8. The molecule has 0 radical (unpaired) electrons. The molecule has 4 atom stereocenters. The summed E-state index contributed by atoms with van der Waals surface area (Å²) in [6.45, 7) is 6.06. The van der Waals surface area contributed by atoms with Crippen LogP contribution >= 0.6 is 0 Å². The molecule has 0 spiro atoms. The monoisotopic (exact) mass is 330 g/mol. The summed E-state index contributed by atoms with van der Waals surface area (Å²) in [6, 6.07) is -2.51. The van der Waals surface area contributed by atoms with Crippen LogP contribution in [-0.2, 0) is 19.2 Å². The maximum atomic E-state index is 12.3. The summed E-state index contributed by atoms with van der Waals surface area (Å²) in [4.78, 5) is 46.1. The van der Waals surface area contributed by atoms with Gasteiger partial charge in [-0.05, 0) is 19.8 Å². The Morgan fingerprint density at radius 3 is 2.00 bits per heavy atom. The van der Waals surface area contributed by atoms with Crippen molar-refractivity contribution in [3.8, 4) is 0 Å². The molecule has 0 heterocycles. The number of hydrogen-bond donors (Lipinski definition) is 5. The molecule has 6 N–H and O–H groups in total. The fourth-order valence-electron chi connectivity index (χ4n) is 1.67. The van der Waals surface area contributed by atoms with Crippen LogP contribution in [0.25, 0.3) is 0 Å². The van der Waals surface area contributed by atoms with E-state index in [0.717, 1.165) is 0 Å². The fourth-order valence-corrected chi connectivity index (χ4v) is 1.67. The normalized spacial score (nSPS) is 15.7. The van der Waals surface area contributed by atoms with Crippen LogP contribution in [0.2, 0.25) is 0 Å². The van der Waals surface area contributed by atoms with Crippen molar-refractivity contribution in [2.45, 2.75) is 52.2 Å². The number of amides is 3. The van der Waals surface area contributed by atoms with E-state index < -0.39 is 48.4 Å². The van der Waals surface area contributed by atoms with Gasteiger partial charge in [-0.15, -0.1) is 0 Å².